The van der Waals surface area contributed by atoms with Crippen LogP contribution in [-0.4, -0.2) is 63.8 Å². The van der Waals surface area contributed by atoms with Crippen LogP contribution in [0, 0.1) is 11.3 Å². The lowest BCUT2D eigenvalue weighted by molar-refractivity contribution is 0.0205. The average Bonchev–Trinajstić information content (AvgIpc) is 2.94. The molecule has 0 spiro atoms. The molecule has 5 nitrogen and oxygen atoms in total. The molecule has 0 bridgehead atoms. The summed E-state index contributed by atoms with van der Waals surface area (Å²) in [5, 5.41) is 6.81. The predicted octanol–water partition coefficient (Wildman–Crippen LogP) is 1.94. The Balaban J connectivity index is 2.29. The molecule has 2 N–H and O–H groups in total. The fourth-order valence-electron chi connectivity index (χ4n) is 2.89. The van der Waals surface area contributed by atoms with Crippen molar-refractivity contribution in [3.8, 4) is 0 Å². The zero-order valence-electron chi connectivity index (χ0n) is 15.4. The van der Waals surface area contributed by atoms with E-state index in [9.17, 15) is 0 Å². The van der Waals surface area contributed by atoms with Crippen molar-refractivity contribution in [1.29, 1.82) is 0 Å². The number of nitrogens with one attached hydrogen (secondary N) is 2. The summed E-state index contributed by atoms with van der Waals surface area (Å²) >= 11 is 0. The third-order valence-corrected chi connectivity index (χ3v) is 4.32. The van der Waals surface area contributed by atoms with Crippen LogP contribution in [0.5, 0.6) is 0 Å². The monoisotopic (exact) mass is 312 g/mol. The fraction of sp³-hybridized carbons (Fsp3) is 0.941. The van der Waals surface area contributed by atoms with E-state index in [-0.39, 0.29) is 11.5 Å². The van der Waals surface area contributed by atoms with Crippen LogP contribution in [0.4, 0.5) is 0 Å². The summed E-state index contributed by atoms with van der Waals surface area (Å²) in [7, 11) is 3.59. The third-order valence-electron chi connectivity index (χ3n) is 4.32. The Labute approximate surface area is 136 Å². The van der Waals surface area contributed by atoms with E-state index in [1.54, 1.807) is 7.11 Å². The normalized spacial score (nSPS) is 20.0. The van der Waals surface area contributed by atoms with Crippen LogP contribution in [0.2, 0.25) is 0 Å². The number of guanidine groups is 1. The van der Waals surface area contributed by atoms with E-state index < -0.39 is 0 Å². The number of methoxy groups -OCH3 is 1. The number of hydrogen-bond acceptors (Lipinski definition) is 3. The number of ether oxygens (including phenoxy) is 1. The van der Waals surface area contributed by atoms with Crippen LogP contribution >= 0.6 is 0 Å². The molecule has 1 saturated heterocycles. The summed E-state index contributed by atoms with van der Waals surface area (Å²) in [6.07, 6.45) is 2.87. The van der Waals surface area contributed by atoms with Gasteiger partial charge in [0, 0.05) is 33.8 Å². The summed E-state index contributed by atoms with van der Waals surface area (Å²) in [5.41, 5.74) is 0.115. The van der Waals surface area contributed by atoms with Crippen molar-refractivity contribution in [2.75, 3.05) is 46.9 Å². The SMILES string of the molecule is CN=C(NCC(C)CN1CCCC1)NCC(OC)C(C)(C)C. The summed E-state index contributed by atoms with van der Waals surface area (Å²) < 4.78 is 5.57. The van der Waals surface area contributed by atoms with Gasteiger partial charge in [0.25, 0.3) is 0 Å². The van der Waals surface area contributed by atoms with Crippen molar-refractivity contribution >= 4 is 5.96 Å². The molecule has 2 atom stereocenters. The molecule has 0 aliphatic carbocycles. The van der Waals surface area contributed by atoms with Gasteiger partial charge in [0.15, 0.2) is 5.96 Å². The minimum atomic E-state index is 0.115. The Hall–Kier alpha value is -0.810. The first-order valence-corrected chi connectivity index (χ1v) is 8.56. The minimum absolute atomic E-state index is 0.115. The van der Waals surface area contributed by atoms with Gasteiger partial charge in [-0.2, -0.15) is 0 Å². The quantitative estimate of drug-likeness (QED) is 0.557. The maximum absolute atomic E-state index is 5.57. The molecule has 1 fully saturated rings. The van der Waals surface area contributed by atoms with Gasteiger partial charge in [-0.1, -0.05) is 27.7 Å². The number of aliphatic imine (C=N–C) groups is 1. The van der Waals surface area contributed by atoms with E-state index in [0.717, 1.165) is 19.0 Å². The molecular weight excluding hydrogens is 276 g/mol. The molecule has 0 aromatic carbocycles. The smallest absolute Gasteiger partial charge is 0.191 e. The predicted molar refractivity (Wildman–Crippen MR) is 94.5 cm³/mol. The zero-order chi connectivity index (χ0) is 16.6. The lowest BCUT2D eigenvalue weighted by Crippen LogP contribution is -2.46. The van der Waals surface area contributed by atoms with Gasteiger partial charge in [-0.25, -0.2) is 0 Å². The molecule has 1 aliphatic heterocycles. The van der Waals surface area contributed by atoms with E-state index in [4.69, 9.17) is 4.74 Å². The van der Waals surface area contributed by atoms with E-state index in [2.05, 4.69) is 48.2 Å². The van der Waals surface area contributed by atoms with E-state index >= 15 is 0 Å². The lowest BCUT2D eigenvalue weighted by atomic mass is 9.89. The number of rotatable bonds is 7. The van der Waals surface area contributed by atoms with Crippen LogP contribution in [0.15, 0.2) is 4.99 Å². The average molecular weight is 313 g/mol. The minimum Gasteiger partial charge on any atom is -0.379 e. The Bertz CT molecular complexity index is 332. The second kappa shape index (κ2) is 9.36. The maximum Gasteiger partial charge on any atom is 0.191 e. The van der Waals surface area contributed by atoms with Crippen molar-refractivity contribution in [3.05, 3.63) is 0 Å². The summed E-state index contributed by atoms with van der Waals surface area (Å²) in [4.78, 5) is 6.86. The summed E-state index contributed by atoms with van der Waals surface area (Å²) in [6.45, 7) is 14.3. The second-order valence-electron chi connectivity index (χ2n) is 7.54. The lowest BCUT2D eigenvalue weighted by Gasteiger charge is -2.30. The molecule has 0 aromatic rings. The molecule has 130 valence electrons. The molecule has 2 unspecified atom stereocenters. The summed E-state index contributed by atoms with van der Waals surface area (Å²) in [5.74, 6) is 1.48. The van der Waals surface area contributed by atoms with Gasteiger partial charge in [-0.3, -0.25) is 4.99 Å². The van der Waals surface area contributed by atoms with Crippen molar-refractivity contribution in [2.45, 2.75) is 46.6 Å². The highest BCUT2D eigenvalue weighted by Crippen LogP contribution is 2.20. The van der Waals surface area contributed by atoms with Crippen LogP contribution in [0.1, 0.15) is 40.5 Å². The number of hydrogen-bond donors (Lipinski definition) is 2. The van der Waals surface area contributed by atoms with Gasteiger partial charge in [0.2, 0.25) is 0 Å². The Morgan fingerprint density at radius 2 is 1.77 bits per heavy atom. The van der Waals surface area contributed by atoms with Crippen molar-refractivity contribution in [2.24, 2.45) is 16.3 Å². The molecule has 0 saturated carbocycles. The van der Waals surface area contributed by atoms with Crippen LogP contribution in [-0.2, 0) is 4.74 Å². The molecule has 5 heteroatoms. The van der Waals surface area contributed by atoms with Crippen LogP contribution in [0.3, 0.4) is 0 Å². The molecule has 1 aliphatic rings. The standard InChI is InChI=1S/C17H36N4O/c1-14(13-21-9-7-8-10-21)11-19-16(18-5)20-12-15(22-6)17(2,3)4/h14-15H,7-13H2,1-6H3,(H2,18,19,20). The Kier molecular flexibility index (Phi) is 8.18. The summed E-state index contributed by atoms with van der Waals surface area (Å²) in [6, 6.07) is 0. The highest BCUT2D eigenvalue weighted by atomic mass is 16.5. The van der Waals surface area contributed by atoms with Gasteiger partial charge >= 0.3 is 0 Å². The molecular formula is C17H36N4O. The molecule has 1 rings (SSSR count). The van der Waals surface area contributed by atoms with E-state index in [1.807, 2.05) is 7.05 Å². The zero-order valence-corrected chi connectivity index (χ0v) is 15.4. The molecule has 0 radical (unpaired) electrons. The second-order valence-corrected chi connectivity index (χ2v) is 7.54. The van der Waals surface area contributed by atoms with Crippen LogP contribution in [0.25, 0.3) is 0 Å². The van der Waals surface area contributed by atoms with Gasteiger partial charge in [-0.05, 0) is 37.3 Å². The van der Waals surface area contributed by atoms with Gasteiger partial charge in [-0.15, -0.1) is 0 Å². The molecule has 1 heterocycles. The van der Waals surface area contributed by atoms with E-state index in [1.165, 1.54) is 32.5 Å². The van der Waals surface area contributed by atoms with Gasteiger partial charge in [0.05, 0.1) is 6.10 Å². The first kappa shape index (κ1) is 19.2. The number of nitrogens with zero attached hydrogens (tertiary/aromatic N) is 2. The largest absolute Gasteiger partial charge is 0.379 e. The maximum atomic E-state index is 5.57. The van der Waals surface area contributed by atoms with Gasteiger partial charge in [0.1, 0.15) is 0 Å². The topological polar surface area (TPSA) is 48.9 Å². The highest BCUT2D eigenvalue weighted by molar-refractivity contribution is 5.79. The fourth-order valence-corrected chi connectivity index (χ4v) is 2.89. The highest BCUT2D eigenvalue weighted by Gasteiger charge is 2.24. The first-order chi connectivity index (χ1) is 10.4. The Morgan fingerprint density at radius 3 is 2.27 bits per heavy atom. The first-order valence-electron chi connectivity index (χ1n) is 8.56. The third kappa shape index (κ3) is 6.97. The van der Waals surface area contributed by atoms with Crippen molar-refractivity contribution in [3.63, 3.8) is 0 Å². The van der Waals surface area contributed by atoms with Gasteiger partial charge < -0.3 is 20.3 Å². The van der Waals surface area contributed by atoms with Crippen molar-refractivity contribution < 1.29 is 4.74 Å². The molecule has 0 aromatic heterocycles. The molecule has 22 heavy (non-hydrogen) atoms. The molecule has 0 amide bonds. The number of likely N-dealkylation sites (tertiary alicyclic amines) is 1. The van der Waals surface area contributed by atoms with E-state index in [0.29, 0.717) is 5.92 Å². The van der Waals surface area contributed by atoms with Crippen LogP contribution < -0.4 is 10.6 Å². The van der Waals surface area contributed by atoms with Crippen molar-refractivity contribution in [1.82, 2.24) is 15.5 Å². The Morgan fingerprint density at radius 1 is 1.18 bits per heavy atom.